The fourth-order valence-corrected chi connectivity index (χ4v) is 2.95. The fraction of sp³-hybridized carbons (Fsp3) is 0.308. The molecule has 0 saturated carbocycles. The Balaban J connectivity index is 2.54. The van der Waals surface area contributed by atoms with Crippen LogP contribution in [0.2, 0.25) is 0 Å². The zero-order chi connectivity index (χ0) is 14.0. The zero-order valence-corrected chi connectivity index (χ0v) is 11.3. The van der Waals surface area contributed by atoms with Gasteiger partial charge in [0.25, 0.3) is 0 Å². The van der Waals surface area contributed by atoms with Gasteiger partial charge in [0.2, 0.25) is 0 Å². The van der Waals surface area contributed by atoms with Gasteiger partial charge >= 0.3 is 6.18 Å². The van der Waals surface area contributed by atoms with E-state index in [0.29, 0.717) is 0 Å². The van der Waals surface area contributed by atoms with Gasteiger partial charge in [0.1, 0.15) is 0 Å². The van der Waals surface area contributed by atoms with Gasteiger partial charge in [-0.15, -0.1) is 11.3 Å². The number of aromatic nitrogens is 1. The lowest BCUT2D eigenvalue weighted by Gasteiger charge is -2.20. The van der Waals surface area contributed by atoms with E-state index in [2.05, 4.69) is 10.3 Å². The molecule has 0 fully saturated rings. The molecule has 0 bridgehead atoms. The molecular weight excluding hydrogens is 273 g/mol. The first kappa shape index (κ1) is 14.0. The predicted octanol–water partition coefficient (Wildman–Crippen LogP) is 3.78. The van der Waals surface area contributed by atoms with Crippen LogP contribution in [0.3, 0.4) is 0 Å². The first-order chi connectivity index (χ1) is 8.95. The van der Waals surface area contributed by atoms with Gasteiger partial charge in [-0.3, -0.25) is 0 Å². The van der Waals surface area contributed by atoms with Crippen LogP contribution in [0.5, 0.6) is 0 Å². The lowest BCUT2D eigenvalue weighted by atomic mass is 9.98. The highest BCUT2D eigenvalue weighted by molar-refractivity contribution is 7.09. The van der Waals surface area contributed by atoms with Gasteiger partial charge in [-0.1, -0.05) is 18.2 Å². The summed E-state index contributed by atoms with van der Waals surface area (Å²) in [5.41, 5.74) is 2.01. The number of hydrogen-bond donors (Lipinski definition) is 1. The maximum Gasteiger partial charge on any atom is 0.416 e. The van der Waals surface area contributed by atoms with Gasteiger partial charge in [0.05, 0.1) is 22.8 Å². The summed E-state index contributed by atoms with van der Waals surface area (Å²) in [4.78, 5) is 4.90. The quantitative estimate of drug-likeness (QED) is 0.929. The highest BCUT2D eigenvalue weighted by Crippen LogP contribution is 2.37. The lowest BCUT2D eigenvalue weighted by molar-refractivity contribution is -0.138. The van der Waals surface area contributed by atoms with Crippen LogP contribution in [-0.4, -0.2) is 12.0 Å². The molecular formula is C13H13F3N2S. The minimum absolute atomic E-state index is 0.227. The van der Waals surface area contributed by atoms with Crippen LogP contribution in [0.4, 0.5) is 13.2 Å². The summed E-state index contributed by atoms with van der Waals surface area (Å²) in [6.45, 7) is 1.80. The van der Waals surface area contributed by atoms with Crippen molar-refractivity contribution in [2.75, 3.05) is 7.05 Å². The Hall–Kier alpha value is -1.40. The molecule has 2 aromatic rings. The molecule has 0 spiro atoms. The zero-order valence-electron chi connectivity index (χ0n) is 10.5. The Labute approximate surface area is 113 Å². The van der Waals surface area contributed by atoms with Crippen LogP contribution >= 0.6 is 11.3 Å². The number of nitrogens with one attached hydrogen (secondary N) is 1. The average molecular weight is 286 g/mol. The topological polar surface area (TPSA) is 24.9 Å². The first-order valence-corrected chi connectivity index (χ1v) is 6.56. The van der Waals surface area contributed by atoms with Crippen molar-refractivity contribution >= 4 is 11.3 Å². The molecule has 2 nitrogen and oxygen atoms in total. The maximum absolute atomic E-state index is 13.0. The molecule has 0 aliphatic heterocycles. The fourth-order valence-electron chi connectivity index (χ4n) is 2.02. The molecule has 0 aliphatic rings. The standard InChI is InChI=1S/C13H13F3N2S/c1-8-12(19-7-18-8)11(17-2)9-5-3-4-6-10(9)13(14,15)16/h3-7,11,17H,1-2H3. The summed E-state index contributed by atoms with van der Waals surface area (Å²) in [6, 6.07) is 5.13. The van der Waals surface area contributed by atoms with Crippen molar-refractivity contribution in [1.29, 1.82) is 0 Å². The smallest absolute Gasteiger partial charge is 0.309 e. The Morgan fingerprint density at radius 2 is 1.95 bits per heavy atom. The van der Waals surface area contributed by atoms with Crippen LogP contribution in [0, 0.1) is 6.92 Å². The van der Waals surface area contributed by atoms with Crippen LogP contribution < -0.4 is 5.32 Å². The van der Waals surface area contributed by atoms with E-state index in [4.69, 9.17) is 0 Å². The van der Waals surface area contributed by atoms with E-state index >= 15 is 0 Å². The Morgan fingerprint density at radius 3 is 2.47 bits per heavy atom. The summed E-state index contributed by atoms with van der Waals surface area (Å²) >= 11 is 1.36. The second-order valence-electron chi connectivity index (χ2n) is 4.11. The van der Waals surface area contributed by atoms with Gasteiger partial charge in [-0.2, -0.15) is 13.2 Å². The SMILES string of the molecule is CNC(c1ccccc1C(F)(F)F)c1scnc1C. The van der Waals surface area contributed by atoms with Gasteiger partial charge in [-0.25, -0.2) is 4.98 Å². The summed E-state index contributed by atoms with van der Waals surface area (Å²) in [7, 11) is 1.65. The number of halogens is 3. The minimum Gasteiger partial charge on any atom is -0.309 e. The van der Waals surface area contributed by atoms with Crippen molar-refractivity contribution < 1.29 is 13.2 Å². The van der Waals surface area contributed by atoms with E-state index in [9.17, 15) is 13.2 Å². The average Bonchev–Trinajstić information content (AvgIpc) is 2.76. The van der Waals surface area contributed by atoms with Crippen LogP contribution in [0.25, 0.3) is 0 Å². The highest BCUT2D eigenvalue weighted by Gasteiger charge is 2.35. The second kappa shape index (κ2) is 5.30. The molecule has 1 aromatic heterocycles. The third kappa shape index (κ3) is 2.79. The molecule has 1 atom stereocenters. The molecule has 0 saturated heterocycles. The lowest BCUT2D eigenvalue weighted by Crippen LogP contribution is -2.21. The number of rotatable bonds is 3. The summed E-state index contributed by atoms with van der Waals surface area (Å²) in [5, 5.41) is 2.94. The van der Waals surface area contributed by atoms with Crippen molar-refractivity contribution in [3.05, 3.63) is 51.5 Å². The maximum atomic E-state index is 13.0. The molecule has 6 heteroatoms. The molecule has 1 N–H and O–H groups in total. The van der Waals surface area contributed by atoms with Gasteiger partial charge in [-0.05, 0) is 25.6 Å². The normalized spacial score (nSPS) is 13.5. The van der Waals surface area contributed by atoms with Gasteiger partial charge in [0.15, 0.2) is 0 Å². The molecule has 0 radical (unpaired) electrons. The van der Waals surface area contributed by atoms with Gasteiger partial charge < -0.3 is 5.32 Å². The number of thiazole rings is 1. The third-order valence-electron chi connectivity index (χ3n) is 2.91. The third-order valence-corrected chi connectivity index (χ3v) is 3.91. The Bertz CT molecular complexity index is 563. The van der Waals surface area contributed by atoms with Crippen LogP contribution in [0.1, 0.15) is 27.7 Å². The Kier molecular flexibility index (Phi) is 3.91. The van der Waals surface area contributed by atoms with E-state index in [-0.39, 0.29) is 5.56 Å². The summed E-state index contributed by atoms with van der Waals surface area (Å²) < 4.78 is 39.1. The number of aryl methyl sites for hydroxylation is 1. The number of benzene rings is 1. The van der Waals surface area contributed by atoms with E-state index in [1.165, 1.54) is 23.5 Å². The molecule has 102 valence electrons. The van der Waals surface area contributed by atoms with Crippen molar-refractivity contribution in [2.24, 2.45) is 0 Å². The molecule has 19 heavy (non-hydrogen) atoms. The largest absolute Gasteiger partial charge is 0.416 e. The first-order valence-electron chi connectivity index (χ1n) is 5.68. The molecule has 0 aliphatic carbocycles. The van der Waals surface area contributed by atoms with Crippen LogP contribution in [0.15, 0.2) is 29.8 Å². The minimum atomic E-state index is -4.36. The Morgan fingerprint density at radius 1 is 1.26 bits per heavy atom. The van der Waals surface area contributed by atoms with Crippen molar-refractivity contribution in [3.63, 3.8) is 0 Å². The number of nitrogens with zero attached hydrogens (tertiary/aromatic N) is 1. The number of hydrogen-bond acceptors (Lipinski definition) is 3. The second-order valence-corrected chi connectivity index (χ2v) is 5.00. The van der Waals surface area contributed by atoms with Crippen molar-refractivity contribution in [3.8, 4) is 0 Å². The summed E-state index contributed by atoms with van der Waals surface area (Å²) in [6.07, 6.45) is -4.36. The molecule has 1 aromatic carbocycles. The predicted molar refractivity (Wildman–Crippen MR) is 69.2 cm³/mol. The van der Waals surface area contributed by atoms with E-state index < -0.39 is 17.8 Å². The van der Waals surface area contributed by atoms with Crippen molar-refractivity contribution in [1.82, 2.24) is 10.3 Å². The summed E-state index contributed by atoms with van der Waals surface area (Å²) in [5.74, 6) is 0. The molecule has 1 unspecified atom stereocenters. The van der Waals surface area contributed by atoms with Crippen LogP contribution in [-0.2, 0) is 6.18 Å². The van der Waals surface area contributed by atoms with Crippen molar-refractivity contribution in [2.45, 2.75) is 19.1 Å². The van der Waals surface area contributed by atoms with E-state index in [1.807, 2.05) is 0 Å². The molecule has 0 amide bonds. The van der Waals surface area contributed by atoms with E-state index in [0.717, 1.165) is 16.6 Å². The monoisotopic (exact) mass is 286 g/mol. The molecule has 2 rings (SSSR count). The van der Waals surface area contributed by atoms with E-state index in [1.54, 1.807) is 25.5 Å². The van der Waals surface area contributed by atoms with Gasteiger partial charge in [0, 0.05) is 4.88 Å². The molecule has 1 heterocycles. The number of alkyl halides is 3. The highest BCUT2D eigenvalue weighted by atomic mass is 32.1.